The molecule has 0 unspecified atom stereocenters. The van der Waals surface area contributed by atoms with Crippen molar-refractivity contribution in [2.45, 2.75) is 40.2 Å². The highest BCUT2D eigenvalue weighted by Crippen LogP contribution is 2.20. The molecule has 0 spiro atoms. The Bertz CT molecular complexity index is 634. The minimum absolute atomic E-state index is 0. The number of hydrogen-bond acceptors (Lipinski definition) is 6. The number of ether oxygens (including phenoxy) is 1. The van der Waals surface area contributed by atoms with Crippen molar-refractivity contribution in [3.8, 4) is 5.75 Å². The molecule has 2 rings (SSSR count). The van der Waals surface area contributed by atoms with Crippen molar-refractivity contribution in [3.05, 3.63) is 36.5 Å². The van der Waals surface area contributed by atoms with Gasteiger partial charge in [-0.3, -0.25) is 14.6 Å². The molecule has 0 atom stereocenters. The minimum atomic E-state index is -0.440. The van der Waals surface area contributed by atoms with E-state index in [0.717, 1.165) is 5.39 Å². The number of carbonyl (C=O) groups is 2. The minimum Gasteiger partial charge on any atom is -0.506 e. The number of aliphatic hydroxyl groups excluding tert-OH is 1. The number of fused-ring (bicyclic) bond motifs is 1. The molecule has 0 radical (unpaired) electrons. The Balaban J connectivity index is 0. The number of para-hydroxylation sites is 1. The van der Waals surface area contributed by atoms with Crippen LogP contribution in [-0.4, -0.2) is 45.1 Å². The van der Waals surface area contributed by atoms with Crippen LogP contribution >= 0.6 is 0 Å². The predicted molar refractivity (Wildman–Crippen MR) is 96.3 cm³/mol. The normalized spacial score (nSPS) is 9.04. The monoisotopic (exact) mass is 353 g/mol. The van der Waals surface area contributed by atoms with Gasteiger partial charge in [-0.25, -0.2) is 0 Å². The van der Waals surface area contributed by atoms with Crippen LogP contribution in [0, 0.1) is 0 Å². The van der Waals surface area contributed by atoms with E-state index in [1.54, 1.807) is 39.1 Å². The fourth-order valence-corrected chi connectivity index (χ4v) is 1.50. The highest BCUT2D eigenvalue weighted by atomic mass is 16.5. The standard InChI is InChI=1S/C9H7NO.C6H10O3.C3H8O.H2O/c11-8-5-1-3-7-4-2-6-10-9(7)8;1-3-9-6(8)4-5(2)7;1-3(2)4;/h1-6,11H;3-4H2,1-2H3;3-4H,1-2H3;1H2. The summed E-state index contributed by atoms with van der Waals surface area (Å²) in [6.07, 6.45) is 1.40. The van der Waals surface area contributed by atoms with Crippen molar-refractivity contribution in [1.82, 2.24) is 4.98 Å². The lowest BCUT2D eigenvalue weighted by Gasteiger charge is -1.96. The van der Waals surface area contributed by atoms with Crippen LogP contribution in [0.3, 0.4) is 0 Å². The summed E-state index contributed by atoms with van der Waals surface area (Å²) in [7, 11) is 0. The summed E-state index contributed by atoms with van der Waals surface area (Å²) < 4.78 is 4.49. The molecule has 0 saturated heterocycles. The van der Waals surface area contributed by atoms with E-state index in [1.807, 2.05) is 18.2 Å². The molecule has 1 aromatic heterocycles. The summed E-state index contributed by atoms with van der Waals surface area (Å²) >= 11 is 0. The van der Waals surface area contributed by atoms with Crippen LogP contribution < -0.4 is 0 Å². The van der Waals surface area contributed by atoms with E-state index in [2.05, 4.69) is 9.72 Å². The molecule has 140 valence electrons. The van der Waals surface area contributed by atoms with Gasteiger partial charge in [-0.15, -0.1) is 0 Å². The Morgan fingerprint density at radius 1 is 1.20 bits per heavy atom. The van der Waals surface area contributed by atoms with Gasteiger partial charge in [-0.1, -0.05) is 18.2 Å². The van der Waals surface area contributed by atoms with E-state index in [1.165, 1.54) is 6.92 Å². The lowest BCUT2D eigenvalue weighted by Crippen LogP contribution is -2.07. The number of benzene rings is 1. The molecule has 4 N–H and O–H groups in total. The summed E-state index contributed by atoms with van der Waals surface area (Å²) in [6, 6.07) is 9.13. The SMILES string of the molecule is CC(C)O.CCOC(=O)CC(C)=O.O.Oc1cccc2cccnc12. The third kappa shape index (κ3) is 12.6. The van der Waals surface area contributed by atoms with Crippen LogP contribution in [0.25, 0.3) is 10.9 Å². The molecule has 7 nitrogen and oxygen atoms in total. The maximum absolute atomic E-state index is 10.4. The maximum Gasteiger partial charge on any atom is 0.313 e. The number of pyridine rings is 1. The van der Waals surface area contributed by atoms with Crippen molar-refractivity contribution < 1.29 is 30.0 Å². The number of aromatic nitrogens is 1. The van der Waals surface area contributed by atoms with E-state index in [4.69, 9.17) is 5.11 Å². The Labute approximate surface area is 147 Å². The topological polar surface area (TPSA) is 128 Å². The molecule has 1 aromatic carbocycles. The largest absolute Gasteiger partial charge is 0.506 e. The average molecular weight is 353 g/mol. The lowest BCUT2D eigenvalue weighted by atomic mass is 10.2. The summed E-state index contributed by atoms with van der Waals surface area (Å²) in [5.41, 5.74) is 0.662. The first-order valence-electron chi connectivity index (χ1n) is 7.63. The molecule has 0 saturated carbocycles. The molecule has 0 fully saturated rings. The number of esters is 1. The van der Waals surface area contributed by atoms with Gasteiger partial charge in [0.1, 0.15) is 23.5 Å². The molecular formula is C18H27NO6. The van der Waals surface area contributed by atoms with Gasteiger partial charge in [0.2, 0.25) is 0 Å². The van der Waals surface area contributed by atoms with E-state index < -0.39 is 5.97 Å². The van der Waals surface area contributed by atoms with Gasteiger partial charge in [0, 0.05) is 17.7 Å². The summed E-state index contributed by atoms with van der Waals surface area (Å²) in [6.45, 7) is 6.85. The number of Topliss-reactive ketones (excluding diaryl/α,β-unsaturated/α-hetero) is 1. The number of carbonyl (C=O) groups excluding carboxylic acids is 2. The zero-order chi connectivity index (χ0) is 18.5. The maximum atomic E-state index is 10.4. The number of ketones is 1. The van der Waals surface area contributed by atoms with Gasteiger partial charge < -0.3 is 20.4 Å². The lowest BCUT2D eigenvalue weighted by molar-refractivity contribution is -0.145. The third-order valence-corrected chi connectivity index (χ3v) is 2.31. The first kappa shape index (κ1) is 24.7. The zero-order valence-corrected chi connectivity index (χ0v) is 15.0. The van der Waals surface area contributed by atoms with Crippen LogP contribution in [0.15, 0.2) is 36.5 Å². The number of aliphatic hydroxyl groups is 1. The van der Waals surface area contributed by atoms with Crippen LogP contribution in [0.5, 0.6) is 5.75 Å². The predicted octanol–water partition coefficient (Wildman–Crippen LogP) is 2.03. The molecule has 0 aliphatic heterocycles. The van der Waals surface area contributed by atoms with Gasteiger partial charge in [0.05, 0.1) is 6.61 Å². The molecular weight excluding hydrogens is 326 g/mol. The Morgan fingerprint density at radius 2 is 1.76 bits per heavy atom. The smallest absolute Gasteiger partial charge is 0.313 e. The van der Waals surface area contributed by atoms with Crippen molar-refractivity contribution in [2.75, 3.05) is 6.61 Å². The average Bonchev–Trinajstić information content (AvgIpc) is 2.47. The third-order valence-electron chi connectivity index (χ3n) is 2.31. The fraction of sp³-hybridized carbons (Fsp3) is 0.389. The summed E-state index contributed by atoms with van der Waals surface area (Å²) in [4.78, 5) is 24.7. The number of phenols is 1. The highest BCUT2D eigenvalue weighted by Gasteiger charge is 2.03. The number of rotatable bonds is 3. The van der Waals surface area contributed by atoms with Gasteiger partial charge in [-0.2, -0.15) is 0 Å². The van der Waals surface area contributed by atoms with Crippen molar-refractivity contribution in [2.24, 2.45) is 0 Å². The molecule has 0 bridgehead atoms. The van der Waals surface area contributed by atoms with Crippen LogP contribution in [0.2, 0.25) is 0 Å². The second-order valence-electron chi connectivity index (χ2n) is 5.13. The number of aromatic hydroxyl groups is 1. The van der Waals surface area contributed by atoms with E-state index in [0.29, 0.717) is 12.1 Å². The molecule has 0 aliphatic rings. The first-order chi connectivity index (χ1) is 11.3. The zero-order valence-electron chi connectivity index (χ0n) is 15.0. The Morgan fingerprint density at radius 3 is 2.24 bits per heavy atom. The molecule has 0 amide bonds. The molecule has 25 heavy (non-hydrogen) atoms. The number of hydrogen-bond donors (Lipinski definition) is 2. The van der Waals surface area contributed by atoms with Crippen LogP contribution in [0.1, 0.15) is 34.1 Å². The van der Waals surface area contributed by atoms with Gasteiger partial charge in [-0.05, 0) is 39.8 Å². The summed E-state index contributed by atoms with van der Waals surface area (Å²) in [5, 5.41) is 18.3. The van der Waals surface area contributed by atoms with Gasteiger partial charge in [0.15, 0.2) is 0 Å². The van der Waals surface area contributed by atoms with E-state index in [9.17, 15) is 14.7 Å². The second-order valence-corrected chi connectivity index (χ2v) is 5.13. The quantitative estimate of drug-likeness (QED) is 0.642. The molecule has 1 heterocycles. The Hall–Kier alpha value is -2.51. The van der Waals surface area contributed by atoms with Gasteiger partial charge in [0.25, 0.3) is 0 Å². The van der Waals surface area contributed by atoms with Crippen LogP contribution in [0.4, 0.5) is 0 Å². The van der Waals surface area contributed by atoms with Crippen molar-refractivity contribution in [1.29, 1.82) is 0 Å². The molecule has 2 aromatic rings. The van der Waals surface area contributed by atoms with Crippen molar-refractivity contribution in [3.63, 3.8) is 0 Å². The van der Waals surface area contributed by atoms with Gasteiger partial charge >= 0.3 is 5.97 Å². The summed E-state index contributed by atoms with van der Waals surface area (Å²) in [5.74, 6) is -0.360. The van der Waals surface area contributed by atoms with Crippen LogP contribution in [-0.2, 0) is 14.3 Å². The van der Waals surface area contributed by atoms with E-state index in [-0.39, 0.29) is 29.5 Å². The number of phenolic OH excluding ortho intramolecular Hbond substituents is 1. The Kier molecular flexibility index (Phi) is 13.7. The highest BCUT2D eigenvalue weighted by molar-refractivity contribution is 5.94. The molecule has 7 heteroatoms. The first-order valence-corrected chi connectivity index (χ1v) is 7.63. The van der Waals surface area contributed by atoms with Crippen molar-refractivity contribution >= 4 is 22.7 Å². The second kappa shape index (κ2) is 13.9. The van der Waals surface area contributed by atoms with E-state index >= 15 is 0 Å². The number of nitrogens with zero attached hydrogens (tertiary/aromatic N) is 1. The fourth-order valence-electron chi connectivity index (χ4n) is 1.50. The molecule has 0 aliphatic carbocycles.